The third kappa shape index (κ3) is 5.35. The maximum Gasteiger partial charge on any atom is 0.389 e. The van der Waals surface area contributed by atoms with Crippen LogP contribution in [0.1, 0.15) is 26.2 Å². The number of carbonyl (C=O) groups excluding carboxylic acids is 1. The molecule has 0 unspecified atom stereocenters. The minimum Gasteiger partial charge on any atom is -0.481 e. The van der Waals surface area contributed by atoms with Gasteiger partial charge in [-0.2, -0.15) is 13.2 Å². The highest BCUT2D eigenvalue weighted by atomic mass is 19.4. The van der Waals surface area contributed by atoms with Crippen molar-refractivity contribution in [2.45, 2.75) is 32.4 Å². The third-order valence-electron chi connectivity index (χ3n) is 2.90. The zero-order chi connectivity index (χ0) is 14.7. The number of carbonyl (C=O) groups is 2. The Morgan fingerprint density at radius 1 is 1.37 bits per heavy atom. The third-order valence-corrected chi connectivity index (χ3v) is 2.90. The van der Waals surface area contributed by atoms with Crippen LogP contribution in [0.15, 0.2) is 0 Å². The van der Waals surface area contributed by atoms with Crippen molar-refractivity contribution in [3.63, 3.8) is 0 Å². The molecule has 2 N–H and O–H groups in total. The maximum absolute atomic E-state index is 12.2. The summed E-state index contributed by atoms with van der Waals surface area (Å²) in [6, 6.07) is -0.440. The van der Waals surface area contributed by atoms with Crippen LogP contribution in [-0.4, -0.2) is 47.8 Å². The molecule has 1 rings (SSSR count). The van der Waals surface area contributed by atoms with Gasteiger partial charge in [0, 0.05) is 31.5 Å². The standard InChI is InChI=1S/C11H17F3N2O3/c1-10(5-11(12,13)14)6-16(7-10)9(19)15-4-2-3-8(17)18/h2-7H2,1H3,(H,15,19)(H,17,18). The van der Waals surface area contributed by atoms with E-state index in [9.17, 15) is 22.8 Å². The van der Waals surface area contributed by atoms with Gasteiger partial charge in [0.2, 0.25) is 0 Å². The lowest BCUT2D eigenvalue weighted by Gasteiger charge is -2.48. The molecule has 1 fully saturated rings. The van der Waals surface area contributed by atoms with Crippen molar-refractivity contribution in [2.75, 3.05) is 19.6 Å². The van der Waals surface area contributed by atoms with Gasteiger partial charge in [-0.05, 0) is 6.42 Å². The van der Waals surface area contributed by atoms with Crippen LogP contribution in [0, 0.1) is 5.41 Å². The van der Waals surface area contributed by atoms with Gasteiger partial charge in [0.25, 0.3) is 0 Å². The lowest BCUT2D eigenvalue weighted by Crippen LogP contribution is -2.60. The van der Waals surface area contributed by atoms with E-state index >= 15 is 0 Å². The summed E-state index contributed by atoms with van der Waals surface area (Å²) >= 11 is 0. The lowest BCUT2D eigenvalue weighted by molar-refractivity contribution is -0.172. The molecule has 0 saturated carbocycles. The summed E-state index contributed by atoms with van der Waals surface area (Å²) in [5.74, 6) is -0.948. The number of carboxylic acids is 1. The van der Waals surface area contributed by atoms with E-state index in [2.05, 4.69) is 5.32 Å². The SMILES string of the molecule is CC1(CC(F)(F)F)CN(C(=O)NCCCC(=O)O)C1. The van der Waals surface area contributed by atoms with Crippen LogP contribution >= 0.6 is 0 Å². The first-order chi connectivity index (χ1) is 8.61. The van der Waals surface area contributed by atoms with Crippen LogP contribution in [-0.2, 0) is 4.79 Å². The molecule has 1 heterocycles. The molecular formula is C11H17F3N2O3. The second-order valence-corrected chi connectivity index (χ2v) is 5.19. The molecule has 1 aliphatic heterocycles. The van der Waals surface area contributed by atoms with Crippen LogP contribution in [0.4, 0.5) is 18.0 Å². The number of likely N-dealkylation sites (tertiary alicyclic amines) is 1. The van der Waals surface area contributed by atoms with Crippen LogP contribution < -0.4 is 5.32 Å². The van der Waals surface area contributed by atoms with Gasteiger partial charge in [0.05, 0.1) is 6.42 Å². The van der Waals surface area contributed by atoms with Crippen molar-refractivity contribution in [3.8, 4) is 0 Å². The maximum atomic E-state index is 12.2. The van der Waals surface area contributed by atoms with Crippen LogP contribution in [0.25, 0.3) is 0 Å². The number of amides is 2. The van der Waals surface area contributed by atoms with E-state index in [0.717, 1.165) is 0 Å². The molecule has 0 aromatic heterocycles. The van der Waals surface area contributed by atoms with Crippen molar-refractivity contribution in [1.29, 1.82) is 0 Å². The van der Waals surface area contributed by atoms with Crippen LogP contribution in [0.3, 0.4) is 0 Å². The first kappa shape index (κ1) is 15.6. The largest absolute Gasteiger partial charge is 0.481 e. The number of hydrogen-bond acceptors (Lipinski definition) is 2. The van der Waals surface area contributed by atoms with Crippen LogP contribution in [0.5, 0.6) is 0 Å². The summed E-state index contributed by atoms with van der Waals surface area (Å²) < 4.78 is 36.7. The first-order valence-corrected chi connectivity index (χ1v) is 5.93. The number of nitrogens with one attached hydrogen (secondary N) is 1. The summed E-state index contributed by atoms with van der Waals surface area (Å²) in [7, 11) is 0. The number of nitrogens with zero attached hydrogens (tertiary/aromatic N) is 1. The van der Waals surface area contributed by atoms with E-state index < -0.39 is 30.0 Å². The Kier molecular flexibility index (Phi) is 4.65. The van der Waals surface area contributed by atoms with Crippen molar-refractivity contribution in [2.24, 2.45) is 5.41 Å². The predicted octanol–water partition coefficient (Wildman–Crippen LogP) is 1.84. The number of aliphatic carboxylic acids is 1. The molecule has 5 nitrogen and oxygen atoms in total. The molecule has 0 radical (unpaired) electrons. The number of halogens is 3. The fraction of sp³-hybridized carbons (Fsp3) is 0.818. The second kappa shape index (κ2) is 5.66. The highest BCUT2D eigenvalue weighted by molar-refractivity contribution is 5.75. The van der Waals surface area contributed by atoms with E-state index in [0.29, 0.717) is 6.42 Å². The Morgan fingerprint density at radius 3 is 2.42 bits per heavy atom. The van der Waals surface area contributed by atoms with E-state index in [1.54, 1.807) is 0 Å². The predicted molar refractivity (Wildman–Crippen MR) is 60.6 cm³/mol. The Hall–Kier alpha value is -1.47. The van der Waals surface area contributed by atoms with Crippen molar-refractivity contribution < 1.29 is 27.9 Å². The van der Waals surface area contributed by atoms with Crippen molar-refractivity contribution in [1.82, 2.24) is 10.2 Å². The molecule has 0 atom stereocenters. The van der Waals surface area contributed by atoms with Gasteiger partial charge in [-0.3, -0.25) is 4.79 Å². The van der Waals surface area contributed by atoms with Gasteiger partial charge in [0.1, 0.15) is 0 Å². The summed E-state index contributed by atoms with van der Waals surface area (Å²) in [5.41, 5.74) is -0.906. The minimum absolute atomic E-state index is 0.0495. The average molecular weight is 282 g/mol. The summed E-state index contributed by atoms with van der Waals surface area (Å²) in [5, 5.41) is 10.9. The van der Waals surface area contributed by atoms with E-state index in [4.69, 9.17) is 5.11 Å². The minimum atomic E-state index is -4.22. The number of hydrogen-bond donors (Lipinski definition) is 2. The zero-order valence-electron chi connectivity index (χ0n) is 10.6. The molecule has 8 heteroatoms. The molecule has 0 spiro atoms. The zero-order valence-corrected chi connectivity index (χ0v) is 10.6. The Morgan fingerprint density at radius 2 is 1.95 bits per heavy atom. The molecule has 1 saturated heterocycles. The number of rotatable bonds is 5. The fourth-order valence-electron chi connectivity index (χ4n) is 2.16. The Bertz CT molecular complexity index is 352. The summed E-state index contributed by atoms with van der Waals surface area (Å²) in [6.45, 7) is 1.83. The number of urea groups is 1. The van der Waals surface area contributed by atoms with E-state index in [1.807, 2.05) is 0 Å². The molecule has 19 heavy (non-hydrogen) atoms. The normalized spacial score (nSPS) is 17.8. The molecule has 1 aliphatic rings. The van der Waals surface area contributed by atoms with Crippen molar-refractivity contribution >= 4 is 12.0 Å². The smallest absolute Gasteiger partial charge is 0.389 e. The molecule has 0 aromatic rings. The Labute approximate surface area is 108 Å². The van der Waals surface area contributed by atoms with Gasteiger partial charge < -0.3 is 15.3 Å². The van der Waals surface area contributed by atoms with Gasteiger partial charge in [-0.1, -0.05) is 6.92 Å². The number of carboxylic acid groups (broad SMARTS) is 1. The monoisotopic (exact) mass is 282 g/mol. The topological polar surface area (TPSA) is 69.6 Å². The molecule has 0 aliphatic carbocycles. The number of alkyl halides is 3. The molecule has 0 aromatic carbocycles. The van der Waals surface area contributed by atoms with Crippen LogP contribution in [0.2, 0.25) is 0 Å². The second-order valence-electron chi connectivity index (χ2n) is 5.19. The van der Waals surface area contributed by atoms with Gasteiger partial charge in [0.15, 0.2) is 0 Å². The van der Waals surface area contributed by atoms with E-state index in [1.165, 1.54) is 11.8 Å². The van der Waals surface area contributed by atoms with Gasteiger partial charge in [-0.15, -0.1) is 0 Å². The molecule has 110 valence electrons. The highest BCUT2D eigenvalue weighted by Gasteiger charge is 2.48. The average Bonchev–Trinajstić information content (AvgIpc) is 2.17. The summed E-state index contributed by atoms with van der Waals surface area (Å²) in [4.78, 5) is 23.0. The molecule has 2 amide bonds. The van der Waals surface area contributed by atoms with Gasteiger partial charge in [-0.25, -0.2) is 4.79 Å². The van der Waals surface area contributed by atoms with E-state index in [-0.39, 0.29) is 26.1 Å². The van der Waals surface area contributed by atoms with Gasteiger partial charge >= 0.3 is 18.2 Å². The molecular weight excluding hydrogens is 265 g/mol. The Balaban J connectivity index is 2.22. The fourth-order valence-corrected chi connectivity index (χ4v) is 2.16. The molecule has 0 bridgehead atoms. The first-order valence-electron chi connectivity index (χ1n) is 5.93. The van der Waals surface area contributed by atoms with Crippen molar-refractivity contribution in [3.05, 3.63) is 0 Å². The lowest BCUT2D eigenvalue weighted by atomic mass is 9.79. The highest BCUT2D eigenvalue weighted by Crippen LogP contribution is 2.40. The quantitative estimate of drug-likeness (QED) is 0.756. The summed E-state index contributed by atoms with van der Waals surface area (Å²) in [6.07, 6.45) is -4.87.